The number of nitriles is 1. The quantitative estimate of drug-likeness (QED) is 0.188. The second-order valence-corrected chi connectivity index (χ2v) is 13.7. The molecular weight excluding hydrogens is 603 g/mol. The lowest BCUT2D eigenvalue weighted by Gasteiger charge is -2.20. The van der Waals surface area contributed by atoms with Crippen LogP contribution in [0.2, 0.25) is 0 Å². The summed E-state index contributed by atoms with van der Waals surface area (Å²) >= 11 is 0. The number of aryl methyl sites for hydroxylation is 2. The van der Waals surface area contributed by atoms with Crippen LogP contribution in [0.5, 0.6) is 11.5 Å². The Kier molecular flexibility index (Phi) is 7.08. The van der Waals surface area contributed by atoms with Crippen LogP contribution in [0.25, 0.3) is 55.5 Å². The number of benzene rings is 5. The van der Waals surface area contributed by atoms with Crippen LogP contribution >= 0.6 is 0 Å². The van der Waals surface area contributed by atoms with Gasteiger partial charge >= 0.3 is 0 Å². The summed E-state index contributed by atoms with van der Waals surface area (Å²) in [5.41, 5.74) is 11.0. The third-order valence-corrected chi connectivity index (χ3v) is 9.30. The summed E-state index contributed by atoms with van der Waals surface area (Å²) < 4.78 is 11.1. The van der Waals surface area contributed by atoms with Crippen molar-refractivity contribution < 1.29 is 4.74 Å². The van der Waals surface area contributed by atoms with Crippen molar-refractivity contribution in [3.05, 3.63) is 144 Å². The van der Waals surface area contributed by atoms with E-state index < -0.39 is 0 Å². The van der Waals surface area contributed by atoms with E-state index in [1.807, 2.05) is 48.9 Å². The fourth-order valence-electron chi connectivity index (χ4n) is 6.98. The van der Waals surface area contributed by atoms with E-state index in [1.165, 1.54) is 5.56 Å². The molecule has 0 N–H and O–H groups in total. The first-order valence-corrected chi connectivity index (χ1v) is 16.5. The Hall–Kier alpha value is -6.19. The van der Waals surface area contributed by atoms with E-state index in [1.54, 1.807) is 0 Å². The van der Waals surface area contributed by atoms with Gasteiger partial charge in [-0.1, -0.05) is 51.1 Å². The number of rotatable bonds is 5. The highest BCUT2D eigenvalue weighted by atomic mass is 16.5. The van der Waals surface area contributed by atoms with Gasteiger partial charge in [0.05, 0.1) is 39.4 Å². The van der Waals surface area contributed by atoms with E-state index in [4.69, 9.17) is 9.72 Å². The van der Waals surface area contributed by atoms with E-state index in [-0.39, 0.29) is 5.41 Å². The monoisotopic (exact) mass is 637 g/mol. The molecule has 6 heteroatoms. The number of imidazole rings is 1. The van der Waals surface area contributed by atoms with Gasteiger partial charge in [0, 0.05) is 29.1 Å². The van der Waals surface area contributed by atoms with Crippen LogP contribution in [0.15, 0.2) is 122 Å². The minimum Gasteiger partial charge on any atom is -0.457 e. The molecule has 0 spiro atoms. The van der Waals surface area contributed by atoms with E-state index >= 15 is 0 Å². The summed E-state index contributed by atoms with van der Waals surface area (Å²) in [6, 6.07) is 39.6. The minimum atomic E-state index is -0.0142. The molecule has 0 radical (unpaired) electrons. The smallest absolute Gasteiger partial charge is 0.137 e. The van der Waals surface area contributed by atoms with Crippen molar-refractivity contribution in [2.24, 2.45) is 0 Å². The van der Waals surface area contributed by atoms with Crippen LogP contribution in [-0.4, -0.2) is 19.1 Å². The Morgan fingerprint density at radius 3 is 2.20 bits per heavy atom. The SMILES string of the molecule is Cc1cc(C#N)cc(C)c1-c1cc(Oc2ccc3c4ccccc4n(-c4cc(C(C)(C)C)ccn4)c3c2)cc(-n2cnc3ccccc32)c1. The normalized spacial score (nSPS) is 11.8. The van der Waals surface area contributed by atoms with Gasteiger partial charge in [-0.3, -0.25) is 9.13 Å². The second kappa shape index (κ2) is 11.5. The fraction of sp³-hybridized carbons (Fsp3) is 0.140. The lowest BCUT2D eigenvalue weighted by atomic mass is 9.88. The Bertz CT molecular complexity index is 2590. The zero-order valence-corrected chi connectivity index (χ0v) is 28.2. The highest BCUT2D eigenvalue weighted by molar-refractivity contribution is 6.09. The maximum absolute atomic E-state index is 9.60. The molecule has 3 heterocycles. The summed E-state index contributed by atoms with van der Waals surface area (Å²) in [5, 5.41) is 11.9. The molecule has 0 aliphatic rings. The molecule has 3 aromatic heterocycles. The number of pyridine rings is 1. The lowest BCUT2D eigenvalue weighted by Crippen LogP contribution is -2.12. The van der Waals surface area contributed by atoms with Crippen molar-refractivity contribution >= 4 is 32.8 Å². The molecule has 0 aliphatic heterocycles. The van der Waals surface area contributed by atoms with Crippen LogP contribution in [0.1, 0.15) is 43.0 Å². The van der Waals surface area contributed by atoms with Crippen molar-refractivity contribution in [1.29, 1.82) is 5.26 Å². The first kappa shape index (κ1) is 30.2. The number of nitrogens with zero attached hydrogens (tertiary/aromatic N) is 5. The lowest BCUT2D eigenvalue weighted by molar-refractivity contribution is 0.483. The minimum absolute atomic E-state index is 0.0142. The standard InChI is InChI=1S/C43H35N5O/c1-27-18-29(25-44)19-28(2)42(27)30-20-32(47-26-46-37-11-7-9-13-39(37)47)23-34(21-30)49-33-14-15-36-35-10-6-8-12-38(35)48(40(36)24-33)41-22-31(16-17-45-41)43(3,4)5/h6-24,26H,1-5H3. The molecule has 0 atom stereocenters. The predicted octanol–water partition coefficient (Wildman–Crippen LogP) is 10.8. The molecule has 0 bridgehead atoms. The summed E-state index contributed by atoms with van der Waals surface area (Å²) in [6.45, 7) is 10.8. The van der Waals surface area contributed by atoms with Gasteiger partial charge in [0.1, 0.15) is 23.6 Å². The van der Waals surface area contributed by atoms with Gasteiger partial charge in [0.15, 0.2) is 0 Å². The van der Waals surface area contributed by atoms with Gasteiger partial charge in [0.25, 0.3) is 0 Å². The molecule has 6 nitrogen and oxygen atoms in total. The average Bonchev–Trinajstić information content (AvgIpc) is 3.67. The highest BCUT2D eigenvalue weighted by Crippen LogP contribution is 2.38. The molecule has 49 heavy (non-hydrogen) atoms. The third kappa shape index (κ3) is 5.30. The fourth-order valence-corrected chi connectivity index (χ4v) is 6.98. The summed E-state index contributed by atoms with van der Waals surface area (Å²) in [6.07, 6.45) is 3.76. The zero-order chi connectivity index (χ0) is 33.9. The molecule has 238 valence electrons. The van der Waals surface area contributed by atoms with Gasteiger partial charge in [-0.15, -0.1) is 0 Å². The molecule has 0 saturated heterocycles. The molecule has 0 amide bonds. The van der Waals surface area contributed by atoms with Crippen LogP contribution in [0.4, 0.5) is 0 Å². The molecule has 0 aliphatic carbocycles. The number of aromatic nitrogens is 4. The van der Waals surface area contributed by atoms with Crippen LogP contribution in [0, 0.1) is 25.2 Å². The number of hydrogen-bond donors (Lipinski definition) is 0. The molecule has 8 aromatic rings. The van der Waals surface area contributed by atoms with Crippen molar-refractivity contribution in [2.75, 3.05) is 0 Å². The van der Waals surface area contributed by atoms with Crippen LogP contribution in [0.3, 0.4) is 0 Å². The molecule has 8 rings (SSSR count). The Morgan fingerprint density at radius 2 is 1.43 bits per heavy atom. The zero-order valence-electron chi connectivity index (χ0n) is 28.2. The van der Waals surface area contributed by atoms with Crippen molar-refractivity contribution in [3.8, 4) is 40.2 Å². The number of ether oxygens (including phenoxy) is 1. The number of para-hydroxylation sites is 3. The topological polar surface area (TPSA) is 68.7 Å². The van der Waals surface area contributed by atoms with Gasteiger partial charge in [-0.25, -0.2) is 9.97 Å². The Labute approximate surface area is 285 Å². The number of hydrogen-bond acceptors (Lipinski definition) is 4. The van der Waals surface area contributed by atoms with Gasteiger partial charge < -0.3 is 4.74 Å². The van der Waals surface area contributed by atoms with Crippen LogP contribution in [-0.2, 0) is 5.41 Å². The molecule has 0 saturated carbocycles. The first-order valence-electron chi connectivity index (χ1n) is 16.5. The van der Waals surface area contributed by atoms with Crippen molar-refractivity contribution in [1.82, 2.24) is 19.1 Å². The highest BCUT2D eigenvalue weighted by Gasteiger charge is 2.19. The maximum atomic E-state index is 9.60. The van der Waals surface area contributed by atoms with Gasteiger partial charge in [0.2, 0.25) is 0 Å². The summed E-state index contributed by atoms with van der Waals surface area (Å²) in [7, 11) is 0. The van der Waals surface area contributed by atoms with E-state index in [2.05, 4.69) is 128 Å². The van der Waals surface area contributed by atoms with E-state index in [9.17, 15) is 5.26 Å². The predicted molar refractivity (Wildman–Crippen MR) is 198 cm³/mol. The summed E-state index contributed by atoms with van der Waals surface area (Å²) in [4.78, 5) is 9.50. The maximum Gasteiger partial charge on any atom is 0.137 e. The Morgan fingerprint density at radius 1 is 0.694 bits per heavy atom. The largest absolute Gasteiger partial charge is 0.457 e. The van der Waals surface area contributed by atoms with E-state index in [0.29, 0.717) is 11.3 Å². The molecule has 0 fully saturated rings. The number of fused-ring (bicyclic) bond motifs is 4. The van der Waals surface area contributed by atoms with Crippen molar-refractivity contribution in [2.45, 2.75) is 40.0 Å². The molecular formula is C43H35N5O. The third-order valence-electron chi connectivity index (χ3n) is 9.30. The van der Waals surface area contributed by atoms with Gasteiger partial charge in [-0.2, -0.15) is 5.26 Å². The van der Waals surface area contributed by atoms with Crippen LogP contribution < -0.4 is 4.74 Å². The average molecular weight is 638 g/mol. The first-order chi connectivity index (χ1) is 23.7. The van der Waals surface area contributed by atoms with E-state index in [0.717, 1.165) is 72.3 Å². The van der Waals surface area contributed by atoms with Crippen molar-refractivity contribution in [3.63, 3.8) is 0 Å². The Balaban J connectivity index is 1.30. The molecule has 0 unspecified atom stereocenters. The molecule has 5 aromatic carbocycles. The summed E-state index contributed by atoms with van der Waals surface area (Å²) in [5.74, 6) is 2.29. The second-order valence-electron chi connectivity index (χ2n) is 13.7. The van der Waals surface area contributed by atoms with Gasteiger partial charge in [-0.05, 0) is 114 Å².